The molecule has 0 aromatic carbocycles. The molecule has 74 valence electrons. The third-order valence-corrected chi connectivity index (χ3v) is 2.86. The number of hydrogen-bond donors (Lipinski definition) is 1. The van der Waals surface area contributed by atoms with Crippen LogP contribution in [0.15, 0.2) is 0 Å². The lowest BCUT2D eigenvalue weighted by Crippen LogP contribution is -2.59. The smallest absolute Gasteiger partial charge is 0.251 e. The van der Waals surface area contributed by atoms with Gasteiger partial charge in [-0.1, -0.05) is 0 Å². The molecule has 2 heterocycles. The summed E-state index contributed by atoms with van der Waals surface area (Å²) in [4.78, 5) is 13.6. The molecule has 1 N–H and O–H groups in total. The highest BCUT2D eigenvalue weighted by molar-refractivity contribution is 5.81. The lowest BCUT2D eigenvalue weighted by molar-refractivity contribution is -0.142. The second-order valence-electron chi connectivity index (χ2n) is 3.76. The van der Waals surface area contributed by atoms with Gasteiger partial charge in [0, 0.05) is 26.7 Å². The largest absolute Gasteiger partial charge is 0.368 e. The Morgan fingerprint density at radius 2 is 2.31 bits per heavy atom. The topological polar surface area (TPSA) is 41.6 Å². The van der Waals surface area contributed by atoms with E-state index in [2.05, 4.69) is 5.32 Å². The van der Waals surface area contributed by atoms with Gasteiger partial charge in [-0.15, -0.1) is 0 Å². The molecule has 0 bridgehead atoms. The van der Waals surface area contributed by atoms with Gasteiger partial charge in [0.05, 0.1) is 6.04 Å². The minimum atomic E-state index is -0.161. The van der Waals surface area contributed by atoms with E-state index in [4.69, 9.17) is 4.74 Å². The molecule has 0 radical (unpaired) electrons. The fourth-order valence-corrected chi connectivity index (χ4v) is 1.73. The highest BCUT2D eigenvalue weighted by Gasteiger charge is 2.32. The van der Waals surface area contributed by atoms with E-state index in [1.165, 1.54) is 0 Å². The van der Waals surface area contributed by atoms with Crippen LogP contribution in [-0.4, -0.2) is 49.7 Å². The highest BCUT2D eigenvalue weighted by atomic mass is 16.5. The van der Waals surface area contributed by atoms with Crippen LogP contribution in [0.5, 0.6) is 0 Å². The van der Waals surface area contributed by atoms with Crippen molar-refractivity contribution in [1.82, 2.24) is 10.2 Å². The molecule has 2 aliphatic rings. The van der Waals surface area contributed by atoms with Crippen molar-refractivity contribution in [3.63, 3.8) is 0 Å². The van der Waals surface area contributed by atoms with Gasteiger partial charge in [0.1, 0.15) is 6.10 Å². The molecule has 2 saturated heterocycles. The third-order valence-electron chi connectivity index (χ3n) is 2.86. The average molecular weight is 184 g/mol. The summed E-state index contributed by atoms with van der Waals surface area (Å²) < 4.78 is 5.34. The molecule has 0 spiro atoms. The van der Waals surface area contributed by atoms with E-state index in [-0.39, 0.29) is 12.0 Å². The van der Waals surface area contributed by atoms with Crippen molar-refractivity contribution in [3.8, 4) is 0 Å². The summed E-state index contributed by atoms with van der Waals surface area (Å²) in [6, 6.07) is 0.386. The average Bonchev–Trinajstić information content (AvgIpc) is 2.51. The Morgan fingerprint density at radius 1 is 1.54 bits per heavy atom. The molecule has 0 aromatic rings. The van der Waals surface area contributed by atoms with Crippen LogP contribution >= 0.6 is 0 Å². The van der Waals surface area contributed by atoms with Crippen LogP contribution in [0.2, 0.25) is 0 Å². The monoisotopic (exact) mass is 184 g/mol. The summed E-state index contributed by atoms with van der Waals surface area (Å²) in [6.07, 6.45) is 1.75. The van der Waals surface area contributed by atoms with E-state index in [9.17, 15) is 4.79 Å². The molecule has 4 heteroatoms. The second kappa shape index (κ2) is 3.64. The Kier molecular flexibility index (Phi) is 2.51. The number of ether oxygens (including phenoxy) is 1. The molecule has 1 atom stereocenters. The molecule has 0 saturated carbocycles. The number of rotatable bonds is 2. The molecule has 0 unspecified atom stereocenters. The fraction of sp³-hybridized carbons (Fsp3) is 0.889. The summed E-state index contributed by atoms with van der Waals surface area (Å²) in [5.74, 6) is 0.156. The van der Waals surface area contributed by atoms with Gasteiger partial charge in [0.2, 0.25) is 0 Å². The first-order valence-electron chi connectivity index (χ1n) is 4.88. The quantitative estimate of drug-likeness (QED) is 0.634. The maximum absolute atomic E-state index is 11.8. The van der Waals surface area contributed by atoms with Gasteiger partial charge in [-0.3, -0.25) is 4.79 Å². The van der Waals surface area contributed by atoms with Crippen LogP contribution < -0.4 is 5.32 Å². The Hall–Kier alpha value is -0.610. The second-order valence-corrected chi connectivity index (χ2v) is 3.76. The Labute approximate surface area is 78.2 Å². The first-order chi connectivity index (χ1) is 6.29. The normalized spacial score (nSPS) is 28.5. The van der Waals surface area contributed by atoms with Gasteiger partial charge in [-0.2, -0.15) is 0 Å². The first-order valence-corrected chi connectivity index (χ1v) is 4.88. The predicted octanol–water partition coefficient (Wildman–Crippen LogP) is -0.404. The van der Waals surface area contributed by atoms with E-state index in [1.54, 1.807) is 0 Å². The van der Waals surface area contributed by atoms with Crippen LogP contribution in [0.25, 0.3) is 0 Å². The summed E-state index contributed by atoms with van der Waals surface area (Å²) in [7, 11) is 1.87. The molecule has 2 aliphatic heterocycles. The SMILES string of the molecule is CN(C(=O)[C@@H]1CCCO1)C1CNC1. The maximum Gasteiger partial charge on any atom is 0.251 e. The number of carbonyl (C=O) groups is 1. The molecule has 4 nitrogen and oxygen atoms in total. The summed E-state index contributed by atoms with van der Waals surface area (Å²) in [5.41, 5.74) is 0. The summed E-state index contributed by atoms with van der Waals surface area (Å²) in [6.45, 7) is 2.59. The predicted molar refractivity (Wildman–Crippen MR) is 48.4 cm³/mol. The lowest BCUT2D eigenvalue weighted by atomic mass is 10.1. The molecule has 2 fully saturated rings. The molecule has 13 heavy (non-hydrogen) atoms. The molecule has 2 rings (SSSR count). The third kappa shape index (κ3) is 1.69. The number of carbonyl (C=O) groups excluding carboxylic acids is 1. The van der Waals surface area contributed by atoms with Crippen molar-refractivity contribution < 1.29 is 9.53 Å². The molecule has 1 amide bonds. The van der Waals surface area contributed by atoms with Crippen LogP contribution in [0, 0.1) is 0 Å². The number of likely N-dealkylation sites (N-methyl/N-ethyl adjacent to an activating group) is 1. The van der Waals surface area contributed by atoms with Gasteiger partial charge in [0.15, 0.2) is 0 Å². The zero-order valence-electron chi connectivity index (χ0n) is 7.95. The van der Waals surface area contributed by atoms with Crippen molar-refractivity contribution in [2.45, 2.75) is 25.0 Å². The first kappa shape index (κ1) is 8.97. The molecule has 0 aliphatic carbocycles. The zero-order valence-corrected chi connectivity index (χ0v) is 7.95. The van der Waals surface area contributed by atoms with Gasteiger partial charge < -0.3 is 15.0 Å². The van der Waals surface area contributed by atoms with Crippen LogP contribution in [-0.2, 0) is 9.53 Å². The van der Waals surface area contributed by atoms with Crippen molar-refractivity contribution >= 4 is 5.91 Å². The van der Waals surface area contributed by atoms with Crippen molar-refractivity contribution in [3.05, 3.63) is 0 Å². The van der Waals surface area contributed by atoms with E-state index < -0.39 is 0 Å². The molecular formula is C9H16N2O2. The van der Waals surface area contributed by atoms with Gasteiger partial charge in [-0.05, 0) is 12.8 Å². The van der Waals surface area contributed by atoms with Crippen LogP contribution in [0.4, 0.5) is 0 Å². The minimum Gasteiger partial charge on any atom is -0.368 e. The minimum absolute atomic E-state index is 0.156. The van der Waals surface area contributed by atoms with Crippen molar-refractivity contribution in [2.75, 3.05) is 26.7 Å². The number of amides is 1. The fourth-order valence-electron chi connectivity index (χ4n) is 1.73. The maximum atomic E-state index is 11.8. The Morgan fingerprint density at radius 3 is 2.77 bits per heavy atom. The standard InChI is InChI=1S/C9H16N2O2/c1-11(7-5-10-6-7)9(12)8-3-2-4-13-8/h7-8,10H,2-6H2,1H3/t8-/m0/s1. The van der Waals surface area contributed by atoms with Crippen LogP contribution in [0.1, 0.15) is 12.8 Å². The van der Waals surface area contributed by atoms with Crippen LogP contribution in [0.3, 0.4) is 0 Å². The van der Waals surface area contributed by atoms with Gasteiger partial charge >= 0.3 is 0 Å². The van der Waals surface area contributed by atoms with Gasteiger partial charge in [-0.25, -0.2) is 0 Å². The Balaban J connectivity index is 1.87. The van der Waals surface area contributed by atoms with E-state index in [1.807, 2.05) is 11.9 Å². The van der Waals surface area contributed by atoms with Crippen molar-refractivity contribution in [1.29, 1.82) is 0 Å². The summed E-state index contributed by atoms with van der Waals surface area (Å²) >= 11 is 0. The van der Waals surface area contributed by atoms with Gasteiger partial charge in [0.25, 0.3) is 5.91 Å². The molecular weight excluding hydrogens is 168 g/mol. The number of nitrogens with one attached hydrogen (secondary N) is 1. The van der Waals surface area contributed by atoms with E-state index >= 15 is 0 Å². The highest BCUT2D eigenvalue weighted by Crippen LogP contribution is 2.16. The number of nitrogens with zero attached hydrogens (tertiary/aromatic N) is 1. The lowest BCUT2D eigenvalue weighted by Gasteiger charge is -2.36. The van der Waals surface area contributed by atoms with E-state index in [0.29, 0.717) is 6.04 Å². The Bertz CT molecular complexity index is 198. The molecule has 0 aromatic heterocycles. The van der Waals surface area contributed by atoms with E-state index in [0.717, 1.165) is 32.5 Å². The zero-order chi connectivity index (χ0) is 9.26. The summed E-state index contributed by atoms with van der Waals surface area (Å²) in [5, 5.41) is 3.15. The number of hydrogen-bond acceptors (Lipinski definition) is 3. The van der Waals surface area contributed by atoms with Crippen molar-refractivity contribution in [2.24, 2.45) is 0 Å².